The van der Waals surface area contributed by atoms with E-state index < -0.39 is 0 Å². The number of likely N-dealkylation sites (N-methyl/N-ethyl adjacent to an activating group) is 1. The molecule has 162 valence electrons. The number of anilines is 1. The summed E-state index contributed by atoms with van der Waals surface area (Å²) in [4.78, 5) is 31.5. The minimum Gasteiger partial charge on any atom is -0.356 e. The lowest BCUT2D eigenvalue weighted by molar-refractivity contribution is -0.137. The fourth-order valence-electron chi connectivity index (χ4n) is 4.62. The molecule has 3 aromatic rings. The molecule has 2 aliphatic heterocycles. The van der Waals surface area contributed by atoms with Crippen LogP contribution < -0.4 is 4.90 Å². The molecular weight excluding hydrogens is 406 g/mol. The molecule has 7 heteroatoms. The summed E-state index contributed by atoms with van der Waals surface area (Å²) in [6.07, 6.45) is 1.79. The minimum atomic E-state index is 0.139. The lowest BCUT2D eigenvalue weighted by Crippen LogP contribution is -2.50. The number of aryl methyl sites for hydroxylation is 1. The average Bonchev–Trinajstić information content (AvgIpc) is 3.23. The maximum absolute atomic E-state index is 13.0. The number of carbonyl (C=O) groups excluding carboxylic acids is 1. The van der Waals surface area contributed by atoms with Gasteiger partial charge in [-0.15, -0.1) is 11.3 Å². The van der Waals surface area contributed by atoms with Crippen molar-refractivity contribution in [2.24, 2.45) is 5.92 Å². The fraction of sp³-hybridized carbons (Fsp3) is 0.458. The van der Waals surface area contributed by atoms with Crippen molar-refractivity contribution in [2.45, 2.75) is 19.8 Å². The van der Waals surface area contributed by atoms with Crippen LogP contribution in [0.25, 0.3) is 20.7 Å². The van der Waals surface area contributed by atoms with E-state index in [1.54, 1.807) is 11.3 Å². The molecule has 1 amide bonds. The summed E-state index contributed by atoms with van der Waals surface area (Å²) >= 11 is 1.72. The molecule has 0 unspecified atom stereocenters. The fourth-order valence-corrected chi connectivity index (χ4v) is 5.70. The number of fused-ring (bicyclic) bond motifs is 1. The number of thiophene rings is 1. The predicted octanol–water partition coefficient (Wildman–Crippen LogP) is 3.66. The Morgan fingerprint density at radius 3 is 2.42 bits per heavy atom. The number of rotatable bonds is 3. The number of piperazine rings is 1. The summed E-state index contributed by atoms with van der Waals surface area (Å²) in [7, 11) is 2.12. The van der Waals surface area contributed by atoms with Gasteiger partial charge in [0, 0.05) is 50.1 Å². The normalized spacial score (nSPS) is 18.6. The summed E-state index contributed by atoms with van der Waals surface area (Å²) < 4.78 is 0. The third kappa shape index (κ3) is 4.16. The van der Waals surface area contributed by atoms with Gasteiger partial charge < -0.3 is 14.7 Å². The zero-order valence-corrected chi connectivity index (χ0v) is 19.1. The predicted molar refractivity (Wildman–Crippen MR) is 127 cm³/mol. The molecule has 2 saturated heterocycles. The van der Waals surface area contributed by atoms with Gasteiger partial charge in [0.15, 0.2) is 0 Å². The molecule has 0 saturated carbocycles. The Hall–Kier alpha value is -2.51. The number of carbonyl (C=O) groups is 1. The van der Waals surface area contributed by atoms with Crippen molar-refractivity contribution >= 4 is 33.3 Å². The molecule has 0 N–H and O–H groups in total. The maximum atomic E-state index is 13.0. The zero-order valence-electron chi connectivity index (χ0n) is 18.3. The molecule has 2 aromatic heterocycles. The molecule has 0 aliphatic carbocycles. The van der Waals surface area contributed by atoms with Crippen LogP contribution in [-0.4, -0.2) is 72.0 Å². The number of aromatic nitrogens is 2. The quantitative estimate of drug-likeness (QED) is 0.629. The topological polar surface area (TPSA) is 52.6 Å². The number of hydrogen-bond donors (Lipinski definition) is 0. The Morgan fingerprint density at radius 2 is 1.71 bits per heavy atom. The Kier molecular flexibility index (Phi) is 5.63. The molecule has 0 atom stereocenters. The van der Waals surface area contributed by atoms with Gasteiger partial charge in [0.25, 0.3) is 0 Å². The van der Waals surface area contributed by atoms with Crippen molar-refractivity contribution < 1.29 is 4.79 Å². The van der Waals surface area contributed by atoms with Crippen LogP contribution in [0.4, 0.5) is 5.82 Å². The summed E-state index contributed by atoms with van der Waals surface area (Å²) in [5.41, 5.74) is 1.21. The molecule has 0 radical (unpaired) electrons. The van der Waals surface area contributed by atoms with Crippen molar-refractivity contribution in [3.63, 3.8) is 0 Å². The van der Waals surface area contributed by atoms with Gasteiger partial charge in [0.05, 0.1) is 5.39 Å². The maximum Gasteiger partial charge on any atom is 0.225 e. The van der Waals surface area contributed by atoms with Gasteiger partial charge in [-0.3, -0.25) is 4.79 Å². The van der Waals surface area contributed by atoms with Gasteiger partial charge in [-0.05, 0) is 38.4 Å². The smallest absolute Gasteiger partial charge is 0.225 e. The second kappa shape index (κ2) is 8.55. The van der Waals surface area contributed by atoms with Crippen LogP contribution in [0.5, 0.6) is 0 Å². The van der Waals surface area contributed by atoms with Crippen molar-refractivity contribution in [1.82, 2.24) is 19.8 Å². The van der Waals surface area contributed by atoms with E-state index in [9.17, 15) is 4.79 Å². The molecular formula is C24H29N5OS. The second-order valence-electron chi connectivity index (χ2n) is 8.68. The van der Waals surface area contributed by atoms with Gasteiger partial charge in [-0.2, -0.15) is 0 Å². The van der Waals surface area contributed by atoms with Gasteiger partial charge in [0.2, 0.25) is 5.91 Å². The standard InChI is InChI=1S/C24H29N5OS/c1-17-25-22(20-16-21(31-23(20)26-17)18-6-4-3-5-7-18)28-10-8-19(9-11-28)24(30)29-14-12-27(2)13-15-29/h3-7,16,19H,8-15H2,1-2H3. The highest BCUT2D eigenvalue weighted by atomic mass is 32.1. The summed E-state index contributed by atoms with van der Waals surface area (Å²) in [5, 5.41) is 1.12. The van der Waals surface area contributed by atoms with Crippen LogP contribution in [0.1, 0.15) is 18.7 Å². The summed E-state index contributed by atoms with van der Waals surface area (Å²) in [6.45, 7) is 7.37. The monoisotopic (exact) mass is 435 g/mol. The molecule has 0 bridgehead atoms. The number of nitrogens with zero attached hydrogens (tertiary/aromatic N) is 5. The minimum absolute atomic E-state index is 0.139. The molecule has 2 fully saturated rings. The van der Waals surface area contributed by atoms with E-state index in [1.165, 1.54) is 10.4 Å². The van der Waals surface area contributed by atoms with Crippen LogP contribution in [0.2, 0.25) is 0 Å². The SMILES string of the molecule is Cc1nc(N2CCC(C(=O)N3CCN(C)CC3)CC2)c2cc(-c3ccccc3)sc2n1. The number of piperidine rings is 1. The van der Waals surface area contributed by atoms with E-state index >= 15 is 0 Å². The first-order chi connectivity index (χ1) is 15.1. The van der Waals surface area contributed by atoms with Crippen LogP contribution >= 0.6 is 11.3 Å². The molecule has 31 heavy (non-hydrogen) atoms. The van der Waals surface area contributed by atoms with E-state index in [0.29, 0.717) is 5.91 Å². The van der Waals surface area contributed by atoms with Crippen LogP contribution in [0.3, 0.4) is 0 Å². The first kappa shape index (κ1) is 20.4. The van der Waals surface area contributed by atoms with Crippen LogP contribution in [-0.2, 0) is 4.79 Å². The van der Waals surface area contributed by atoms with E-state index in [0.717, 1.165) is 74.0 Å². The third-order valence-corrected chi connectivity index (χ3v) is 7.58. The average molecular weight is 436 g/mol. The Bertz CT molecular complexity index is 1070. The molecule has 6 nitrogen and oxygen atoms in total. The number of benzene rings is 1. The molecule has 2 aliphatic rings. The number of amides is 1. The van der Waals surface area contributed by atoms with Gasteiger partial charge in [-0.25, -0.2) is 9.97 Å². The lowest BCUT2D eigenvalue weighted by atomic mass is 9.94. The van der Waals surface area contributed by atoms with Crippen molar-refractivity contribution in [2.75, 3.05) is 51.2 Å². The largest absolute Gasteiger partial charge is 0.356 e. The van der Waals surface area contributed by atoms with Crippen LogP contribution in [0.15, 0.2) is 36.4 Å². The third-order valence-electron chi connectivity index (χ3n) is 6.50. The highest BCUT2D eigenvalue weighted by molar-refractivity contribution is 7.21. The van der Waals surface area contributed by atoms with Crippen molar-refractivity contribution in [1.29, 1.82) is 0 Å². The summed E-state index contributed by atoms with van der Waals surface area (Å²) in [6, 6.07) is 12.7. The van der Waals surface area contributed by atoms with Gasteiger partial charge in [0.1, 0.15) is 16.5 Å². The van der Waals surface area contributed by atoms with E-state index in [-0.39, 0.29) is 5.92 Å². The molecule has 0 spiro atoms. The van der Waals surface area contributed by atoms with Gasteiger partial charge >= 0.3 is 0 Å². The Balaban J connectivity index is 1.33. The highest BCUT2D eigenvalue weighted by Crippen LogP contribution is 2.37. The molecule has 5 rings (SSSR count). The lowest BCUT2D eigenvalue weighted by Gasteiger charge is -2.38. The van der Waals surface area contributed by atoms with E-state index in [1.807, 2.05) is 13.0 Å². The highest BCUT2D eigenvalue weighted by Gasteiger charge is 2.31. The molecule has 4 heterocycles. The number of hydrogen-bond acceptors (Lipinski definition) is 6. The zero-order chi connectivity index (χ0) is 21.4. The van der Waals surface area contributed by atoms with E-state index in [4.69, 9.17) is 9.97 Å². The summed E-state index contributed by atoms with van der Waals surface area (Å²) in [5.74, 6) is 2.31. The van der Waals surface area contributed by atoms with E-state index in [2.05, 4.69) is 52.1 Å². The first-order valence-electron chi connectivity index (χ1n) is 11.1. The Labute approximate surface area is 187 Å². The first-order valence-corrected chi connectivity index (χ1v) is 12.0. The van der Waals surface area contributed by atoms with Crippen LogP contribution in [0, 0.1) is 12.8 Å². The second-order valence-corrected chi connectivity index (χ2v) is 9.71. The van der Waals surface area contributed by atoms with Crippen molar-refractivity contribution in [3.8, 4) is 10.4 Å². The Morgan fingerprint density at radius 1 is 1.00 bits per heavy atom. The molecule has 1 aromatic carbocycles. The van der Waals surface area contributed by atoms with Crippen molar-refractivity contribution in [3.05, 3.63) is 42.2 Å². The van der Waals surface area contributed by atoms with Gasteiger partial charge in [-0.1, -0.05) is 30.3 Å².